The fourth-order valence-corrected chi connectivity index (χ4v) is 3.63. The molecule has 2 heterocycles. The number of rotatable bonds is 6. The zero-order chi connectivity index (χ0) is 18.5. The van der Waals surface area contributed by atoms with Crippen LogP contribution in [0.25, 0.3) is 0 Å². The summed E-state index contributed by atoms with van der Waals surface area (Å²) < 4.78 is 11.1. The minimum atomic E-state index is -0.319. The fraction of sp³-hybridized carbons (Fsp3) is 0.368. The van der Waals surface area contributed by atoms with Crippen LogP contribution in [0.3, 0.4) is 0 Å². The zero-order valence-electron chi connectivity index (χ0n) is 14.8. The quantitative estimate of drug-likeness (QED) is 0.815. The van der Waals surface area contributed by atoms with Gasteiger partial charge in [0.05, 0.1) is 18.5 Å². The molecule has 0 saturated carbocycles. The standard InChI is InChI=1S/C19H22N2O4S/c1-12(14-5-6-16-17(10-14)25-8-7-24-16)20-19(23)11-15(21-13(2)22)18-4-3-9-26-18/h3-6,9-10,12,15H,7-8,11H2,1-2H3,(H,20,23)(H,21,22)/t12-,15-/m1/s1. The molecule has 1 aliphatic heterocycles. The second-order valence-electron chi connectivity index (χ2n) is 6.16. The molecule has 2 atom stereocenters. The van der Waals surface area contributed by atoms with E-state index in [1.54, 1.807) is 0 Å². The first-order valence-corrected chi connectivity index (χ1v) is 9.40. The van der Waals surface area contributed by atoms with E-state index in [1.165, 1.54) is 18.3 Å². The summed E-state index contributed by atoms with van der Waals surface area (Å²) >= 11 is 1.52. The van der Waals surface area contributed by atoms with Crippen molar-refractivity contribution in [2.75, 3.05) is 13.2 Å². The highest BCUT2D eigenvalue weighted by molar-refractivity contribution is 7.10. The molecule has 0 aliphatic carbocycles. The van der Waals surface area contributed by atoms with Crippen molar-refractivity contribution in [3.8, 4) is 11.5 Å². The van der Waals surface area contributed by atoms with Gasteiger partial charge in [-0.15, -0.1) is 11.3 Å². The van der Waals surface area contributed by atoms with E-state index >= 15 is 0 Å². The van der Waals surface area contributed by atoms with E-state index in [-0.39, 0.29) is 30.3 Å². The summed E-state index contributed by atoms with van der Waals surface area (Å²) in [7, 11) is 0. The van der Waals surface area contributed by atoms with Gasteiger partial charge in [0, 0.05) is 11.8 Å². The number of amides is 2. The van der Waals surface area contributed by atoms with Crippen LogP contribution in [-0.2, 0) is 9.59 Å². The summed E-state index contributed by atoms with van der Waals surface area (Å²) in [6.07, 6.45) is 0.189. The molecule has 2 N–H and O–H groups in total. The lowest BCUT2D eigenvalue weighted by molar-refractivity contribution is -0.123. The van der Waals surface area contributed by atoms with Gasteiger partial charge in [-0.25, -0.2) is 0 Å². The molecule has 2 amide bonds. The Morgan fingerprint density at radius 2 is 1.92 bits per heavy atom. The molecular formula is C19H22N2O4S. The normalized spacial score (nSPS) is 15.0. The van der Waals surface area contributed by atoms with E-state index in [2.05, 4.69) is 10.6 Å². The molecule has 2 aromatic rings. The van der Waals surface area contributed by atoms with Gasteiger partial charge in [0.25, 0.3) is 0 Å². The number of nitrogens with one attached hydrogen (secondary N) is 2. The predicted octanol–water partition coefficient (Wildman–Crippen LogP) is 2.96. The lowest BCUT2D eigenvalue weighted by atomic mass is 10.1. The second-order valence-corrected chi connectivity index (χ2v) is 7.14. The maximum atomic E-state index is 12.5. The minimum absolute atomic E-state index is 0.125. The highest BCUT2D eigenvalue weighted by Gasteiger charge is 2.20. The summed E-state index contributed by atoms with van der Waals surface area (Å²) in [5.41, 5.74) is 0.940. The predicted molar refractivity (Wildman–Crippen MR) is 99.5 cm³/mol. The van der Waals surface area contributed by atoms with Crippen LogP contribution in [0.15, 0.2) is 35.7 Å². The van der Waals surface area contributed by atoms with Crippen LogP contribution < -0.4 is 20.1 Å². The molecule has 3 rings (SSSR count). The molecule has 0 bridgehead atoms. The second kappa shape index (κ2) is 8.23. The van der Waals surface area contributed by atoms with E-state index < -0.39 is 0 Å². The van der Waals surface area contributed by atoms with E-state index in [1.807, 2.05) is 42.6 Å². The number of carbonyl (C=O) groups is 2. The molecule has 7 heteroatoms. The molecule has 1 aromatic heterocycles. The summed E-state index contributed by atoms with van der Waals surface area (Å²) in [6.45, 7) is 4.44. The van der Waals surface area contributed by atoms with Crippen LogP contribution in [0.4, 0.5) is 0 Å². The van der Waals surface area contributed by atoms with Gasteiger partial charge in [-0.3, -0.25) is 9.59 Å². The maximum Gasteiger partial charge on any atom is 0.222 e. The number of benzene rings is 1. The number of thiophene rings is 1. The topological polar surface area (TPSA) is 76.7 Å². The molecule has 1 aromatic carbocycles. The van der Waals surface area contributed by atoms with Gasteiger partial charge in [-0.2, -0.15) is 0 Å². The third-order valence-corrected chi connectivity index (χ3v) is 5.08. The summed E-state index contributed by atoms with van der Waals surface area (Å²) in [4.78, 5) is 24.9. The Morgan fingerprint density at radius 1 is 1.15 bits per heavy atom. The van der Waals surface area contributed by atoms with E-state index in [0.29, 0.717) is 19.0 Å². The van der Waals surface area contributed by atoms with Crippen LogP contribution in [0.5, 0.6) is 11.5 Å². The number of hydrogen-bond acceptors (Lipinski definition) is 5. The summed E-state index contributed by atoms with van der Waals surface area (Å²) in [5.74, 6) is 1.14. The van der Waals surface area contributed by atoms with Crippen LogP contribution in [0, 0.1) is 0 Å². The highest BCUT2D eigenvalue weighted by Crippen LogP contribution is 2.32. The van der Waals surface area contributed by atoms with Gasteiger partial charge in [0.2, 0.25) is 11.8 Å². The molecule has 1 aliphatic rings. The lowest BCUT2D eigenvalue weighted by Gasteiger charge is -2.22. The van der Waals surface area contributed by atoms with Crippen molar-refractivity contribution in [1.29, 1.82) is 0 Å². The van der Waals surface area contributed by atoms with Gasteiger partial charge >= 0.3 is 0 Å². The van der Waals surface area contributed by atoms with Crippen molar-refractivity contribution >= 4 is 23.2 Å². The minimum Gasteiger partial charge on any atom is -0.486 e. The van der Waals surface area contributed by atoms with Crippen LogP contribution in [0.1, 0.15) is 42.8 Å². The van der Waals surface area contributed by atoms with Crippen molar-refractivity contribution in [3.63, 3.8) is 0 Å². The van der Waals surface area contributed by atoms with Gasteiger partial charge in [0.1, 0.15) is 13.2 Å². The monoisotopic (exact) mass is 374 g/mol. The van der Waals surface area contributed by atoms with Gasteiger partial charge in [-0.05, 0) is 36.1 Å². The Labute approximate surface area is 156 Å². The number of ether oxygens (including phenoxy) is 2. The third kappa shape index (κ3) is 4.54. The molecule has 6 nitrogen and oxygen atoms in total. The van der Waals surface area contributed by atoms with Crippen molar-refractivity contribution in [2.24, 2.45) is 0 Å². The molecule has 0 fully saturated rings. The highest BCUT2D eigenvalue weighted by atomic mass is 32.1. The smallest absolute Gasteiger partial charge is 0.222 e. The largest absolute Gasteiger partial charge is 0.486 e. The van der Waals surface area contributed by atoms with Gasteiger partial charge < -0.3 is 20.1 Å². The first-order chi connectivity index (χ1) is 12.5. The molecular weight excluding hydrogens is 352 g/mol. The first kappa shape index (κ1) is 18.3. The zero-order valence-corrected chi connectivity index (χ0v) is 15.6. The SMILES string of the molecule is CC(=O)N[C@H](CC(=O)N[C@H](C)c1ccc2c(c1)OCCO2)c1cccs1. The van der Waals surface area contributed by atoms with E-state index in [0.717, 1.165) is 16.2 Å². The van der Waals surface area contributed by atoms with Crippen molar-refractivity contribution in [2.45, 2.75) is 32.4 Å². The Balaban J connectivity index is 1.63. The maximum absolute atomic E-state index is 12.5. The Hall–Kier alpha value is -2.54. The van der Waals surface area contributed by atoms with E-state index in [9.17, 15) is 9.59 Å². The Kier molecular flexibility index (Phi) is 5.78. The average Bonchev–Trinajstić information content (AvgIpc) is 3.15. The molecule has 26 heavy (non-hydrogen) atoms. The molecule has 0 saturated heterocycles. The third-order valence-electron chi connectivity index (χ3n) is 4.10. The van der Waals surface area contributed by atoms with Crippen molar-refractivity contribution < 1.29 is 19.1 Å². The van der Waals surface area contributed by atoms with Crippen molar-refractivity contribution in [1.82, 2.24) is 10.6 Å². The van der Waals surface area contributed by atoms with Crippen LogP contribution >= 0.6 is 11.3 Å². The van der Waals surface area contributed by atoms with E-state index in [4.69, 9.17) is 9.47 Å². The van der Waals surface area contributed by atoms with Crippen LogP contribution in [-0.4, -0.2) is 25.0 Å². The number of fused-ring (bicyclic) bond motifs is 1. The summed E-state index contributed by atoms with van der Waals surface area (Å²) in [5, 5.41) is 7.76. The molecule has 138 valence electrons. The average molecular weight is 374 g/mol. The van der Waals surface area contributed by atoms with Gasteiger partial charge in [-0.1, -0.05) is 12.1 Å². The molecule has 0 unspecified atom stereocenters. The van der Waals surface area contributed by atoms with Gasteiger partial charge in [0.15, 0.2) is 11.5 Å². The summed E-state index contributed by atoms with van der Waals surface area (Å²) in [6, 6.07) is 9.00. The molecule has 0 spiro atoms. The van der Waals surface area contributed by atoms with Crippen molar-refractivity contribution in [3.05, 3.63) is 46.2 Å². The lowest BCUT2D eigenvalue weighted by Crippen LogP contribution is -2.33. The first-order valence-electron chi connectivity index (χ1n) is 8.52. The number of hydrogen-bond donors (Lipinski definition) is 2. The Bertz CT molecular complexity index is 776. The fourth-order valence-electron chi connectivity index (χ4n) is 2.86. The Morgan fingerprint density at radius 3 is 2.62 bits per heavy atom. The number of carbonyl (C=O) groups excluding carboxylic acids is 2. The van der Waals surface area contributed by atoms with Crippen LogP contribution in [0.2, 0.25) is 0 Å². The molecule has 0 radical (unpaired) electrons.